The first-order valence-electron chi connectivity index (χ1n) is 8.04. The van der Waals surface area contributed by atoms with Gasteiger partial charge in [0.15, 0.2) is 0 Å². The number of para-hydroxylation sites is 1. The van der Waals surface area contributed by atoms with Crippen LogP contribution in [0, 0.1) is 0 Å². The summed E-state index contributed by atoms with van der Waals surface area (Å²) in [5.41, 5.74) is 6.74. The Morgan fingerprint density at radius 3 is 2.67 bits per heavy atom. The van der Waals surface area contributed by atoms with Crippen LogP contribution in [0.4, 0.5) is 4.79 Å². The second-order valence-electron chi connectivity index (χ2n) is 5.95. The molecule has 1 aromatic heterocycles. The highest BCUT2D eigenvalue weighted by Gasteiger charge is 2.41. The Labute approximate surface area is 158 Å². The van der Waals surface area contributed by atoms with E-state index in [0.717, 1.165) is 27.6 Å². The Morgan fingerprint density at radius 2 is 2.00 bits per heavy atom. The van der Waals surface area contributed by atoms with Crippen molar-refractivity contribution in [1.29, 1.82) is 0 Å². The molecule has 2 aromatic rings. The van der Waals surface area contributed by atoms with Crippen molar-refractivity contribution in [3.8, 4) is 0 Å². The zero-order valence-electron chi connectivity index (χ0n) is 14.7. The minimum Gasteiger partial charge on any atom is -0.467 e. The lowest BCUT2D eigenvalue weighted by atomic mass is 10.1. The summed E-state index contributed by atoms with van der Waals surface area (Å²) in [7, 11) is 1.20. The van der Waals surface area contributed by atoms with Crippen molar-refractivity contribution in [2.75, 3.05) is 7.11 Å². The van der Waals surface area contributed by atoms with Crippen LogP contribution >= 0.6 is 11.8 Å². The van der Waals surface area contributed by atoms with Crippen molar-refractivity contribution < 1.29 is 23.9 Å². The number of carbonyl (C=O) groups excluding carboxylic acids is 4. The quantitative estimate of drug-likeness (QED) is 0.618. The fourth-order valence-corrected chi connectivity index (χ4v) is 3.82. The summed E-state index contributed by atoms with van der Waals surface area (Å²) < 4.78 is 6.30. The van der Waals surface area contributed by atoms with E-state index >= 15 is 0 Å². The summed E-state index contributed by atoms with van der Waals surface area (Å²) in [6.45, 7) is 1.43. The van der Waals surface area contributed by atoms with Gasteiger partial charge in [-0.3, -0.25) is 19.3 Å². The third-order valence-corrected chi connectivity index (χ3v) is 5.07. The molecule has 27 heavy (non-hydrogen) atoms. The van der Waals surface area contributed by atoms with Crippen LogP contribution in [-0.4, -0.2) is 45.6 Å². The van der Waals surface area contributed by atoms with Gasteiger partial charge in [0.1, 0.15) is 12.6 Å². The van der Waals surface area contributed by atoms with Gasteiger partial charge in [-0.05, 0) is 30.8 Å². The van der Waals surface area contributed by atoms with Crippen LogP contribution in [0.25, 0.3) is 17.0 Å². The van der Waals surface area contributed by atoms with Crippen molar-refractivity contribution in [1.82, 2.24) is 9.47 Å². The van der Waals surface area contributed by atoms with Crippen molar-refractivity contribution >= 4 is 51.8 Å². The lowest BCUT2D eigenvalue weighted by Crippen LogP contribution is -2.42. The summed E-state index contributed by atoms with van der Waals surface area (Å²) in [5.74, 6) is -1.72. The van der Waals surface area contributed by atoms with Gasteiger partial charge in [-0.2, -0.15) is 0 Å². The molecule has 1 saturated heterocycles. The lowest BCUT2D eigenvalue weighted by Gasteiger charge is -2.18. The van der Waals surface area contributed by atoms with Crippen molar-refractivity contribution in [3.63, 3.8) is 0 Å². The van der Waals surface area contributed by atoms with Crippen LogP contribution in [-0.2, 0) is 25.7 Å². The highest BCUT2D eigenvalue weighted by atomic mass is 32.2. The van der Waals surface area contributed by atoms with Gasteiger partial charge in [0.05, 0.1) is 12.0 Å². The molecule has 1 atom stereocenters. The number of hydrogen-bond donors (Lipinski definition) is 1. The molecule has 0 saturated carbocycles. The van der Waals surface area contributed by atoms with Crippen LogP contribution in [0.3, 0.4) is 0 Å². The molecular weight excluding hydrogens is 370 g/mol. The normalized spacial score (nSPS) is 17.0. The van der Waals surface area contributed by atoms with Crippen molar-refractivity contribution in [2.24, 2.45) is 5.73 Å². The van der Waals surface area contributed by atoms with E-state index in [0.29, 0.717) is 5.56 Å². The number of methoxy groups -OCH3 is 1. The molecule has 8 nitrogen and oxygen atoms in total. The number of fused-ring (bicyclic) bond motifs is 1. The van der Waals surface area contributed by atoms with Gasteiger partial charge in [-0.25, -0.2) is 4.79 Å². The number of imide groups is 1. The molecule has 3 amide bonds. The van der Waals surface area contributed by atoms with Crippen molar-refractivity contribution in [2.45, 2.75) is 19.5 Å². The summed E-state index contributed by atoms with van der Waals surface area (Å²) in [6, 6.07) is 6.33. The predicted molar refractivity (Wildman–Crippen MR) is 100 cm³/mol. The van der Waals surface area contributed by atoms with Gasteiger partial charge in [0, 0.05) is 22.7 Å². The first-order valence-corrected chi connectivity index (χ1v) is 8.86. The van der Waals surface area contributed by atoms with Crippen LogP contribution in [0.5, 0.6) is 0 Å². The van der Waals surface area contributed by atoms with Crippen LogP contribution in [0.15, 0.2) is 35.4 Å². The van der Waals surface area contributed by atoms with E-state index < -0.39 is 29.1 Å². The Hall–Kier alpha value is -3.07. The number of ether oxygens (including phenoxy) is 1. The third kappa shape index (κ3) is 3.45. The SMILES string of the molecule is COC(=O)[C@@H](C)N1C(=O)SC(=Cc2cn(CC(N)=O)c3ccccc23)C1=O. The van der Waals surface area contributed by atoms with E-state index in [9.17, 15) is 19.2 Å². The monoisotopic (exact) mass is 387 g/mol. The first-order chi connectivity index (χ1) is 12.8. The maximum atomic E-state index is 12.6. The van der Waals surface area contributed by atoms with E-state index in [-0.39, 0.29) is 11.4 Å². The molecule has 1 aliphatic heterocycles. The number of thioether (sulfide) groups is 1. The number of rotatable bonds is 5. The van der Waals surface area contributed by atoms with Crippen LogP contribution in [0.1, 0.15) is 12.5 Å². The highest BCUT2D eigenvalue weighted by molar-refractivity contribution is 8.18. The fraction of sp³-hybridized carbons (Fsp3) is 0.222. The second-order valence-corrected chi connectivity index (χ2v) is 6.94. The van der Waals surface area contributed by atoms with E-state index in [4.69, 9.17) is 5.73 Å². The van der Waals surface area contributed by atoms with E-state index in [1.54, 1.807) is 16.8 Å². The molecule has 2 heterocycles. The third-order valence-electron chi connectivity index (χ3n) is 4.19. The molecule has 1 aliphatic rings. The van der Waals surface area contributed by atoms with E-state index in [1.165, 1.54) is 14.0 Å². The maximum absolute atomic E-state index is 12.6. The van der Waals surface area contributed by atoms with Gasteiger partial charge in [-0.15, -0.1) is 0 Å². The number of amides is 3. The smallest absolute Gasteiger partial charge is 0.328 e. The molecule has 9 heteroatoms. The summed E-state index contributed by atoms with van der Waals surface area (Å²) >= 11 is 0.754. The molecule has 2 N–H and O–H groups in total. The molecule has 1 aromatic carbocycles. The Bertz CT molecular complexity index is 994. The van der Waals surface area contributed by atoms with E-state index in [2.05, 4.69) is 4.74 Å². The average Bonchev–Trinajstić information content (AvgIpc) is 3.11. The molecule has 0 spiro atoms. The number of esters is 1. The number of nitrogens with two attached hydrogens (primary N) is 1. The highest BCUT2D eigenvalue weighted by Crippen LogP contribution is 2.35. The van der Waals surface area contributed by atoms with Crippen LogP contribution < -0.4 is 5.73 Å². The largest absolute Gasteiger partial charge is 0.467 e. The Balaban J connectivity index is 2.00. The molecule has 1 fully saturated rings. The number of nitrogens with zero attached hydrogens (tertiary/aromatic N) is 2. The summed E-state index contributed by atoms with van der Waals surface area (Å²) in [4.78, 5) is 48.9. The minimum absolute atomic E-state index is 0.00476. The number of carbonyl (C=O) groups is 4. The van der Waals surface area contributed by atoms with Crippen molar-refractivity contribution in [3.05, 3.63) is 40.9 Å². The fourth-order valence-electron chi connectivity index (χ4n) is 2.92. The van der Waals surface area contributed by atoms with Gasteiger partial charge < -0.3 is 15.0 Å². The predicted octanol–water partition coefficient (Wildman–Crippen LogP) is 1.72. The first kappa shape index (κ1) is 18.7. The number of hydrogen-bond acceptors (Lipinski definition) is 6. The van der Waals surface area contributed by atoms with Gasteiger partial charge in [0.2, 0.25) is 5.91 Å². The molecule has 0 radical (unpaired) electrons. The van der Waals surface area contributed by atoms with E-state index in [1.807, 2.05) is 24.3 Å². The topological polar surface area (TPSA) is 112 Å². The standard InChI is InChI=1S/C18H17N3O5S/c1-10(17(24)26-2)21-16(23)14(27-18(21)25)7-11-8-20(9-15(19)22)13-6-4-3-5-12(11)13/h3-8,10H,9H2,1-2H3,(H2,19,22)/t10-/m1/s1. The Kier molecular flexibility index (Phi) is 5.04. The molecule has 0 aliphatic carbocycles. The molecule has 0 unspecified atom stereocenters. The molecule has 140 valence electrons. The number of benzene rings is 1. The summed E-state index contributed by atoms with van der Waals surface area (Å²) in [5, 5.41) is 0.275. The molecule has 3 rings (SSSR count). The zero-order valence-corrected chi connectivity index (χ0v) is 15.5. The molecular formula is C18H17N3O5S. The minimum atomic E-state index is -1.01. The Morgan fingerprint density at radius 1 is 1.30 bits per heavy atom. The average molecular weight is 387 g/mol. The summed E-state index contributed by atoms with van der Waals surface area (Å²) in [6.07, 6.45) is 3.28. The van der Waals surface area contributed by atoms with Gasteiger partial charge in [-0.1, -0.05) is 18.2 Å². The second kappa shape index (κ2) is 7.28. The van der Waals surface area contributed by atoms with Gasteiger partial charge in [0.25, 0.3) is 11.1 Å². The lowest BCUT2D eigenvalue weighted by molar-refractivity contribution is -0.148. The number of aromatic nitrogens is 1. The zero-order chi connectivity index (χ0) is 19.7. The van der Waals surface area contributed by atoms with Gasteiger partial charge >= 0.3 is 5.97 Å². The maximum Gasteiger partial charge on any atom is 0.328 e. The van der Waals surface area contributed by atoms with Crippen LogP contribution in [0.2, 0.25) is 0 Å². The number of primary amides is 1. The molecule has 0 bridgehead atoms.